The van der Waals surface area contributed by atoms with Gasteiger partial charge in [0, 0.05) is 0 Å². The number of alkyl halides is 3. The maximum absolute atomic E-state index is 11.7. The summed E-state index contributed by atoms with van der Waals surface area (Å²) >= 11 is 0. The van der Waals surface area contributed by atoms with Gasteiger partial charge in [-0.05, 0) is 11.1 Å². The molecule has 0 saturated heterocycles. The monoisotopic (exact) mass is 202 g/mol. The molecule has 0 spiro atoms. The summed E-state index contributed by atoms with van der Waals surface area (Å²) < 4.78 is 38.7. The lowest BCUT2D eigenvalue weighted by molar-refractivity contribution is -0.318. The zero-order valence-electron chi connectivity index (χ0n) is 7.34. The third-order valence-electron chi connectivity index (χ3n) is 1.59. The molecule has 0 heterocycles. The third kappa shape index (κ3) is 3.62. The first-order valence-corrected chi connectivity index (χ1v) is 3.93. The van der Waals surface area contributed by atoms with Crippen molar-refractivity contribution < 1.29 is 17.9 Å². The van der Waals surface area contributed by atoms with E-state index in [1.165, 1.54) is 0 Å². The van der Waals surface area contributed by atoms with Crippen LogP contribution in [0.4, 0.5) is 13.2 Å². The van der Waals surface area contributed by atoms with Crippen molar-refractivity contribution in [3.05, 3.63) is 42.5 Å². The summed E-state index contributed by atoms with van der Waals surface area (Å²) in [6.07, 6.45) is -4.60. The highest BCUT2D eigenvalue weighted by atomic mass is 19.4. The Morgan fingerprint density at radius 1 is 1.21 bits per heavy atom. The van der Waals surface area contributed by atoms with E-state index in [9.17, 15) is 13.2 Å². The van der Waals surface area contributed by atoms with Crippen LogP contribution in [0, 0.1) is 0 Å². The van der Waals surface area contributed by atoms with Crippen LogP contribution < -0.4 is 0 Å². The number of benzene rings is 1. The van der Waals surface area contributed by atoms with Gasteiger partial charge in [-0.2, -0.15) is 0 Å². The van der Waals surface area contributed by atoms with Crippen molar-refractivity contribution in [2.45, 2.75) is 6.36 Å². The molecule has 1 rings (SSSR count). The van der Waals surface area contributed by atoms with Gasteiger partial charge >= 0.3 is 6.36 Å². The number of hydrogen-bond donors (Lipinski definition) is 0. The fourth-order valence-corrected chi connectivity index (χ4v) is 0.926. The number of rotatable bonds is 3. The van der Waals surface area contributed by atoms with Gasteiger partial charge in [-0.1, -0.05) is 36.9 Å². The molecule has 0 aliphatic carbocycles. The molecule has 0 aliphatic rings. The van der Waals surface area contributed by atoms with Gasteiger partial charge < -0.3 is 0 Å². The molecule has 4 heteroatoms. The molecule has 0 radical (unpaired) electrons. The summed E-state index contributed by atoms with van der Waals surface area (Å²) in [4.78, 5) is 0. The van der Waals surface area contributed by atoms with E-state index in [0.29, 0.717) is 11.1 Å². The molecule has 76 valence electrons. The van der Waals surface area contributed by atoms with Crippen LogP contribution in [-0.2, 0) is 4.74 Å². The van der Waals surface area contributed by atoms with Gasteiger partial charge in [0.1, 0.15) is 0 Å². The Balaban J connectivity index is 2.52. The zero-order chi connectivity index (χ0) is 10.6. The summed E-state index contributed by atoms with van der Waals surface area (Å²) in [6, 6.07) is 8.60. The molecule has 1 nitrogen and oxygen atoms in total. The summed E-state index contributed by atoms with van der Waals surface area (Å²) in [5.41, 5.74) is 0.958. The van der Waals surface area contributed by atoms with Crippen molar-refractivity contribution in [3.63, 3.8) is 0 Å². The fourth-order valence-electron chi connectivity index (χ4n) is 0.926. The van der Waals surface area contributed by atoms with Crippen LogP contribution in [0.1, 0.15) is 5.56 Å². The Kier molecular flexibility index (Phi) is 3.30. The summed E-state index contributed by atoms with van der Waals surface area (Å²) in [5, 5.41) is 0. The average molecular weight is 202 g/mol. The molecule has 0 saturated carbocycles. The standard InChI is InChI=1S/C10H9F3O/c1-8(7-14-10(11,12)13)9-5-3-2-4-6-9/h2-6H,1,7H2. The first-order chi connectivity index (χ1) is 6.49. The van der Waals surface area contributed by atoms with E-state index in [1.807, 2.05) is 0 Å². The third-order valence-corrected chi connectivity index (χ3v) is 1.59. The highest BCUT2D eigenvalue weighted by Gasteiger charge is 2.29. The zero-order valence-corrected chi connectivity index (χ0v) is 7.34. The van der Waals surface area contributed by atoms with Gasteiger partial charge in [0.05, 0.1) is 6.61 Å². The topological polar surface area (TPSA) is 9.23 Å². The lowest BCUT2D eigenvalue weighted by Gasteiger charge is -2.09. The Labute approximate surface area is 79.8 Å². The minimum absolute atomic E-state index is 0.308. The molecule has 0 unspecified atom stereocenters. The molecule has 14 heavy (non-hydrogen) atoms. The van der Waals surface area contributed by atoms with Gasteiger partial charge in [0.15, 0.2) is 0 Å². The van der Waals surface area contributed by atoms with Crippen molar-refractivity contribution in [1.29, 1.82) is 0 Å². The Morgan fingerprint density at radius 3 is 2.29 bits per heavy atom. The lowest BCUT2D eigenvalue weighted by atomic mass is 10.1. The largest absolute Gasteiger partial charge is 0.522 e. The second kappa shape index (κ2) is 4.28. The Hall–Kier alpha value is -1.29. The second-order valence-electron chi connectivity index (χ2n) is 2.70. The first-order valence-electron chi connectivity index (χ1n) is 3.93. The van der Waals surface area contributed by atoms with Crippen molar-refractivity contribution in [1.82, 2.24) is 0 Å². The van der Waals surface area contributed by atoms with E-state index in [4.69, 9.17) is 0 Å². The minimum Gasteiger partial charge on any atom is -0.287 e. The molecular formula is C10H9F3O. The molecule has 0 amide bonds. The molecule has 0 aromatic heterocycles. The van der Waals surface area contributed by atoms with Gasteiger partial charge in [0.2, 0.25) is 0 Å². The van der Waals surface area contributed by atoms with E-state index in [2.05, 4.69) is 11.3 Å². The van der Waals surface area contributed by atoms with E-state index < -0.39 is 13.0 Å². The molecule has 0 atom stereocenters. The van der Waals surface area contributed by atoms with Crippen LogP contribution >= 0.6 is 0 Å². The maximum Gasteiger partial charge on any atom is 0.522 e. The van der Waals surface area contributed by atoms with Crippen LogP contribution in [0.3, 0.4) is 0 Å². The summed E-state index contributed by atoms with van der Waals surface area (Å²) in [5.74, 6) is 0. The SMILES string of the molecule is C=C(COC(F)(F)F)c1ccccc1. The van der Waals surface area contributed by atoms with Crippen molar-refractivity contribution in [3.8, 4) is 0 Å². The summed E-state index contributed by atoms with van der Waals surface area (Å²) in [7, 11) is 0. The van der Waals surface area contributed by atoms with Crippen LogP contribution in [0.15, 0.2) is 36.9 Å². The molecule has 0 N–H and O–H groups in total. The predicted octanol–water partition coefficient (Wildman–Crippen LogP) is 3.24. The molecule has 0 bridgehead atoms. The van der Waals surface area contributed by atoms with Gasteiger partial charge in [-0.3, -0.25) is 4.74 Å². The van der Waals surface area contributed by atoms with Gasteiger partial charge in [0.25, 0.3) is 0 Å². The molecule has 1 aromatic rings. The van der Waals surface area contributed by atoms with Gasteiger partial charge in [-0.25, -0.2) is 0 Å². The lowest BCUT2D eigenvalue weighted by Crippen LogP contribution is -2.14. The Bertz CT molecular complexity index is 303. The smallest absolute Gasteiger partial charge is 0.287 e. The van der Waals surface area contributed by atoms with Crippen LogP contribution in [0.2, 0.25) is 0 Å². The maximum atomic E-state index is 11.7. The van der Waals surface area contributed by atoms with E-state index >= 15 is 0 Å². The minimum atomic E-state index is -4.60. The van der Waals surface area contributed by atoms with Gasteiger partial charge in [-0.15, -0.1) is 13.2 Å². The van der Waals surface area contributed by atoms with E-state index in [0.717, 1.165) is 0 Å². The Morgan fingerprint density at radius 2 is 1.79 bits per heavy atom. The highest BCUT2D eigenvalue weighted by Crippen LogP contribution is 2.20. The predicted molar refractivity (Wildman–Crippen MR) is 47.5 cm³/mol. The van der Waals surface area contributed by atoms with E-state index in [-0.39, 0.29) is 0 Å². The summed E-state index contributed by atoms with van der Waals surface area (Å²) in [6.45, 7) is 2.97. The normalized spacial score (nSPS) is 11.4. The quantitative estimate of drug-likeness (QED) is 0.731. The van der Waals surface area contributed by atoms with Crippen molar-refractivity contribution in [2.24, 2.45) is 0 Å². The fraction of sp³-hybridized carbons (Fsp3) is 0.200. The molecule has 1 aromatic carbocycles. The highest BCUT2D eigenvalue weighted by molar-refractivity contribution is 5.63. The van der Waals surface area contributed by atoms with E-state index in [1.54, 1.807) is 30.3 Å². The molecule has 0 aliphatic heterocycles. The second-order valence-corrected chi connectivity index (χ2v) is 2.70. The molecular weight excluding hydrogens is 193 g/mol. The van der Waals surface area contributed by atoms with Crippen LogP contribution in [0.25, 0.3) is 5.57 Å². The number of ether oxygens (including phenoxy) is 1. The van der Waals surface area contributed by atoms with Crippen LogP contribution in [-0.4, -0.2) is 13.0 Å². The molecule has 0 fully saturated rings. The average Bonchev–Trinajstić information content (AvgIpc) is 2.14. The van der Waals surface area contributed by atoms with Crippen molar-refractivity contribution in [2.75, 3.05) is 6.61 Å². The van der Waals surface area contributed by atoms with Crippen molar-refractivity contribution >= 4 is 5.57 Å². The van der Waals surface area contributed by atoms with Crippen LogP contribution in [0.5, 0.6) is 0 Å². The first kappa shape index (κ1) is 10.8. The number of hydrogen-bond acceptors (Lipinski definition) is 1. The number of halogens is 3.